The second-order valence-electron chi connectivity index (χ2n) is 4.07. The summed E-state index contributed by atoms with van der Waals surface area (Å²) >= 11 is 0. The van der Waals surface area contributed by atoms with Crippen LogP contribution in [0.4, 0.5) is 5.69 Å². The van der Waals surface area contributed by atoms with Crippen LogP contribution < -0.4 is 14.8 Å². The van der Waals surface area contributed by atoms with Gasteiger partial charge in [-0.05, 0) is 26.1 Å². The standard InChI is InChI=1S/C12H15N3O4/c1-12(7-13,14-2)8-19-11-5-4-9(18-3)6-10(11)15(16)17/h4-6,14H,8H2,1-3H3. The smallest absolute Gasteiger partial charge is 0.314 e. The molecule has 1 N–H and O–H groups in total. The summed E-state index contributed by atoms with van der Waals surface area (Å²) in [7, 11) is 3.04. The highest BCUT2D eigenvalue weighted by Crippen LogP contribution is 2.31. The van der Waals surface area contributed by atoms with Crippen molar-refractivity contribution in [1.29, 1.82) is 5.26 Å². The van der Waals surface area contributed by atoms with Crippen molar-refractivity contribution in [3.63, 3.8) is 0 Å². The van der Waals surface area contributed by atoms with Crippen LogP contribution >= 0.6 is 0 Å². The van der Waals surface area contributed by atoms with Crippen LogP contribution in [0.5, 0.6) is 11.5 Å². The molecule has 7 nitrogen and oxygen atoms in total. The van der Waals surface area contributed by atoms with Gasteiger partial charge in [0.15, 0.2) is 5.75 Å². The Kier molecular flexibility index (Phi) is 4.67. The lowest BCUT2D eigenvalue weighted by Gasteiger charge is -2.20. The van der Waals surface area contributed by atoms with Crippen LogP contribution in [0.1, 0.15) is 6.92 Å². The van der Waals surface area contributed by atoms with Crippen molar-refractivity contribution in [3.8, 4) is 17.6 Å². The Hall–Kier alpha value is -2.33. The molecule has 0 spiro atoms. The summed E-state index contributed by atoms with van der Waals surface area (Å²) in [5.74, 6) is 0.471. The molecule has 1 aromatic carbocycles. The van der Waals surface area contributed by atoms with E-state index in [2.05, 4.69) is 5.32 Å². The number of ether oxygens (including phenoxy) is 2. The van der Waals surface area contributed by atoms with E-state index in [0.29, 0.717) is 5.75 Å². The van der Waals surface area contributed by atoms with Crippen LogP contribution in [-0.4, -0.2) is 31.2 Å². The van der Waals surface area contributed by atoms with Crippen molar-refractivity contribution >= 4 is 5.69 Å². The first-order valence-corrected chi connectivity index (χ1v) is 5.51. The number of nitrogens with zero attached hydrogens (tertiary/aromatic N) is 2. The van der Waals surface area contributed by atoms with E-state index in [-0.39, 0.29) is 18.0 Å². The molecule has 102 valence electrons. The first-order valence-electron chi connectivity index (χ1n) is 5.51. The molecule has 19 heavy (non-hydrogen) atoms. The van der Waals surface area contributed by atoms with Crippen molar-refractivity contribution in [1.82, 2.24) is 5.32 Å². The maximum atomic E-state index is 10.9. The molecule has 0 fully saturated rings. The van der Waals surface area contributed by atoms with Crippen LogP contribution in [0.2, 0.25) is 0 Å². The fraction of sp³-hybridized carbons (Fsp3) is 0.417. The van der Waals surface area contributed by atoms with Crippen molar-refractivity contribution in [2.75, 3.05) is 20.8 Å². The third-order valence-corrected chi connectivity index (χ3v) is 2.68. The van der Waals surface area contributed by atoms with Gasteiger partial charge >= 0.3 is 5.69 Å². The van der Waals surface area contributed by atoms with E-state index in [1.165, 1.54) is 19.2 Å². The van der Waals surface area contributed by atoms with Gasteiger partial charge in [-0.3, -0.25) is 15.4 Å². The number of nitro benzene ring substituents is 1. The Labute approximate surface area is 110 Å². The molecule has 0 aliphatic heterocycles. The fourth-order valence-corrected chi connectivity index (χ4v) is 1.27. The van der Waals surface area contributed by atoms with Gasteiger partial charge in [-0.25, -0.2) is 0 Å². The summed E-state index contributed by atoms with van der Waals surface area (Å²) in [6.07, 6.45) is 0. The van der Waals surface area contributed by atoms with E-state index in [1.54, 1.807) is 20.0 Å². The first kappa shape index (κ1) is 14.7. The van der Waals surface area contributed by atoms with E-state index in [9.17, 15) is 10.1 Å². The molecular weight excluding hydrogens is 250 g/mol. The van der Waals surface area contributed by atoms with E-state index in [4.69, 9.17) is 14.7 Å². The average Bonchev–Trinajstić information content (AvgIpc) is 2.44. The Morgan fingerprint density at radius 3 is 2.74 bits per heavy atom. The van der Waals surface area contributed by atoms with Crippen LogP contribution in [-0.2, 0) is 0 Å². The van der Waals surface area contributed by atoms with Gasteiger partial charge in [0.25, 0.3) is 0 Å². The second kappa shape index (κ2) is 6.02. The molecule has 1 unspecified atom stereocenters. The number of benzene rings is 1. The maximum Gasteiger partial charge on any atom is 0.314 e. The van der Waals surface area contributed by atoms with Crippen molar-refractivity contribution in [2.24, 2.45) is 0 Å². The predicted octanol–water partition coefficient (Wildman–Crippen LogP) is 1.48. The molecule has 0 aliphatic rings. The number of rotatable bonds is 6. The molecule has 0 aromatic heterocycles. The van der Waals surface area contributed by atoms with E-state index < -0.39 is 10.5 Å². The van der Waals surface area contributed by atoms with Gasteiger partial charge in [0.05, 0.1) is 24.2 Å². The predicted molar refractivity (Wildman–Crippen MR) is 68.2 cm³/mol. The molecule has 0 saturated carbocycles. The Balaban J connectivity index is 2.96. The minimum atomic E-state index is -0.909. The highest BCUT2D eigenvalue weighted by Gasteiger charge is 2.24. The Morgan fingerprint density at radius 1 is 1.58 bits per heavy atom. The number of nitro groups is 1. The topological polar surface area (TPSA) is 97.4 Å². The third-order valence-electron chi connectivity index (χ3n) is 2.68. The third kappa shape index (κ3) is 3.56. The number of hydrogen-bond donors (Lipinski definition) is 1. The summed E-state index contributed by atoms with van der Waals surface area (Å²) in [6.45, 7) is 1.63. The molecule has 0 amide bonds. The van der Waals surface area contributed by atoms with E-state index in [0.717, 1.165) is 0 Å². The Bertz CT molecular complexity index is 512. The largest absolute Gasteiger partial charge is 0.496 e. The summed E-state index contributed by atoms with van der Waals surface area (Å²) in [6, 6.07) is 6.32. The van der Waals surface area contributed by atoms with Gasteiger partial charge in [-0.1, -0.05) is 0 Å². The lowest BCUT2D eigenvalue weighted by Crippen LogP contribution is -2.43. The monoisotopic (exact) mass is 265 g/mol. The summed E-state index contributed by atoms with van der Waals surface area (Å²) in [5.41, 5.74) is -1.11. The van der Waals surface area contributed by atoms with Crippen LogP contribution in [0.3, 0.4) is 0 Å². The number of methoxy groups -OCH3 is 1. The molecule has 0 saturated heterocycles. The highest BCUT2D eigenvalue weighted by atomic mass is 16.6. The zero-order valence-corrected chi connectivity index (χ0v) is 11.0. The van der Waals surface area contributed by atoms with Crippen LogP contribution in [0.15, 0.2) is 18.2 Å². The van der Waals surface area contributed by atoms with Crippen molar-refractivity contribution in [3.05, 3.63) is 28.3 Å². The molecule has 0 aliphatic carbocycles. The molecule has 1 atom stereocenters. The lowest BCUT2D eigenvalue weighted by molar-refractivity contribution is -0.386. The van der Waals surface area contributed by atoms with Crippen molar-refractivity contribution in [2.45, 2.75) is 12.5 Å². The Morgan fingerprint density at radius 2 is 2.26 bits per heavy atom. The lowest BCUT2D eigenvalue weighted by atomic mass is 10.1. The van der Waals surface area contributed by atoms with Gasteiger partial charge < -0.3 is 9.47 Å². The number of nitriles is 1. The molecule has 1 aromatic rings. The summed E-state index contributed by atoms with van der Waals surface area (Å²) < 4.78 is 10.3. The van der Waals surface area contributed by atoms with Crippen LogP contribution in [0.25, 0.3) is 0 Å². The minimum absolute atomic E-state index is 0.00678. The van der Waals surface area contributed by atoms with Crippen LogP contribution in [0, 0.1) is 21.4 Å². The maximum absolute atomic E-state index is 10.9. The average molecular weight is 265 g/mol. The molecule has 0 bridgehead atoms. The minimum Gasteiger partial charge on any atom is -0.496 e. The molecule has 0 radical (unpaired) electrons. The molecular formula is C12H15N3O4. The number of likely N-dealkylation sites (N-methyl/N-ethyl adjacent to an activating group) is 1. The number of hydrogen-bond acceptors (Lipinski definition) is 6. The van der Waals surface area contributed by atoms with Gasteiger partial charge in [-0.2, -0.15) is 5.26 Å². The zero-order chi connectivity index (χ0) is 14.5. The molecule has 0 heterocycles. The summed E-state index contributed by atoms with van der Waals surface area (Å²) in [5, 5.41) is 22.7. The van der Waals surface area contributed by atoms with Gasteiger partial charge in [0, 0.05) is 0 Å². The van der Waals surface area contributed by atoms with E-state index >= 15 is 0 Å². The summed E-state index contributed by atoms with van der Waals surface area (Å²) in [4.78, 5) is 10.4. The van der Waals surface area contributed by atoms with Gasteiger partial charge in [0.2, 0.25) is 0 Å². The van der Waals surface area contributed by atoms with E-state index in [1.807, 2.05) is 6.07 Å². The normalized spacial score (nSPS) is 13.2. The quantitative estimate of drug-likeness (QED) is 0.618. The SMILES string of the molecule is CNC(C)(C#N)COc1ccc(OC)cc1[N+](=O)[O-]. The molecule has 7 heteroatoms. The molecule has 1 rings (SSSR count). The highest BCUT2D eigenvalue weighted by molar-refractivity contribution is 5.51. The van der Waals surface area contributed by atoms with Gasteiger partial charge in [0.1, 0.15) is 17.9 Å². The van der Waals surface area contributed by atoms with Crippen molar-refractivity contribution < 1.29 is 14.4 Å². The van der Waals surface area contributed by atoms with Gasteiger partial charge in [-0.15, -0.1) is 0 Å². The fourth-order valence-electron chi connectivity index (χ4n) is 1.27. The second-order valence-corrected chi connectivity index (χ2v) is 4.07. The number of nitrogens with one attached hydrogen (secondary N) is 1. The first-order chi connectivity index (χ1) is 8.95. The zero-order valence-electron chi connectivity index (χ0n) is 11.0.